The van der Waals surface area contributed by atoms with Crippen molar-refractivity contribution in [1.82, 2.24) is 4.90 Å². The Bertz CT molecular complexity index is 1090. The van der Waals surface area contributed by atoms with Gasteiger partial charge >= 0.3 is 5.97 Å². The van der Waals surface area contributed by atoms with Gasteiger partial charge < -0.3 is 4.74 Å². The Kier molecular flexibility index (Phi) is 5.35. The zero-order chi connectivity index (χ0) is 24.4. The fraction of sp³-hybridized carbons (Fsp3) is 0.500. The number of ether oxygens (including phenoxy) is 1. The molecule has 7 rings (SSSR count). The average Bonchev–Trinajstić information content (AvgIpc) is 3.09. The zero-order valence-corrected chi connectivity index (χ0v) is 20.6. The van der Waals surface area contributed by atoms with Crippen molar-refractivity contribution in [3.8, 4) is 0 Å². The van der Waals surface area contributed by atoms with Crippen LogP contribution in [0, 0.1) is 29.6 Å². The second-order valence-electron chi connectivity index (χ2n) is 11.4. The Balaban J connectivity index is 1.28. The quantitative estimate of drug-likeness (QED) is 0.471. The van der Waals surface area contributed by atoms with E-state index in [0.717, 1.165) is 41.5 Å². The number of benzene rings is 2. The van der Waals surface area contributed by atoms with Gasteiger partial charge in [-0.3, -0.25) is 19.3 Å². The maximum Gasteiger partial charge on any atom is 0.326 e. The molecule has 4 aliphatic carbocycles. The highest BCUT2D eigenvalue weighted by Gasteiger charge is 2.61. The van der Waals surface area contributed by atoms with Gasteiger partial charge in [0.2, 0.25) is 11.8 Å². The number of likely N-dealkylation sites (tertiary alicyclic amines) is 1. The molecule has 1 aliphatic heterocycles. The molecule has 1 heterocycles. The van der Waals surface area contributed by atoms with E-state index in [1.54, 1.807) is 0 Å². The van der Waals surface area contributed by atoms with Crippen LogP contribution in [0.5, 0.6) is 0 Å². The minimum atomic E-state index is -0.461. The first-order chi connectivity index (χ1) is 16.9. The Morgan fingerprint density at radius 3 is 1.83 bits per heavy atom. The summed E-state index contributed by atoms with van der Waals surface area (Å²) in [7, 11) is 0. The summed E-state index contributed by atoms with van der Waals surface area (Å²) < 4.78 is 5.96. The van der Waals surface area contributed by atoms with Crippen LogP contribution in [0.4, 0.5) is 0 Å². The second-order valence-corrected chi connectivity index (χ2v) is 11.4. The Hall–Kier alpha value is -2.95. The van der Waals surface area contributed by atoms with E-state index < -0.39 is 17.8 Å². The molecule has 2 aromatic carbocycles. The van der Waals surface area contributed by atoms with Crippen LogP contribution in [-0.4, -0.2) is 35.3 Å². The smallest absolute Gasteiger partial charge is 0.326 e. The third-order valence-corrected chi connectivity index (χ3v) is 9.07. The summed E-state index contributed by atoms with van der Waals surface area (Å²) >= 11 is 0. The Morgan fingerprint density at radius 2 is 1.37 bits per heavy atom. The van der Waals surface area contributed by atoms with Crippen LogP contribution in [-0.2, 0) is 19.1 Å². The molecule has 1 saturated heterocycles. The highest BCUT2D eigenvalue weighted by atomic mass is 16.5. The van der Waals surface area contributed by atoms with Crippen molar-refractivity contribution in [3.05, 3.63) is 70.8 Å². The monoisotopic (exact) mass is 471 g/mol. The SMILES string of the molecule is CC(C)[C@@H]1CC[C@H](C)C[C@H]1OC(=O)CN1C(=O)[C@@H]2C3c4ccccc4C(c4ccccc43)[C@@H]2C1=O. The molecule has 182 valence electrons. The van der Waals surface area contributed by atoms with Crippen LogP contribution in [0.3, 0.4) is 0 Å². The Morgan fingerprint density at radius 1 is 0.886 bits per heavy atom. The summed E-state index contributed by atoms with van der Waals surface area (Å²) in [6, 6.07) is 16.4. The summed E-state index contributed by atoms with van der Waals surface area (Å²) in [5.41, 5.74) is 4.55. The molecular weight excluding hydrogens is 438 g/mol. The molecule has 0 unspecified atom stereocenters. The number of rotatable bonds is 4. The van der Waals surface area contributed by atoms with E-state index in [-0.39, 0.29) is 36.3 Å². The second kappa shape index (κ2) is 8.32. The van der Waals surface area contributed by atoms with Gasteiger partial charge in [0.05, 0.1) is 11.8 Å². The topological polar surface area (TPSA) is 63.7 Å². The van der Waals surface area contributed by atoms with Gasteiger partial charge in [-0.1, -0.05) is 75.7 Å². The van der Waals surface area contributed by atoms with Gasteiger partial charge in [-0.25, -0.2) is 0 Å². The van der Waals surface area contributed by atoms with Crippen LogP contribution in [0.25, 0.3) is 0 Å². The first kappa shape index (κ1) is 22.5. The molecule has 2 aromatic rings. The normalized spacial score (nSPS) is 32.9. The maximum absolute atomic E-state index is 13.7. The van der Waals surface area contributed by atoms with Gasteiger partial charge in [0.15, 0.2) is 0 Å². The lowest BCUT2D eigenvalue weighted by Gasteiger charge is -2.45. The molecule has 5 aliphatic rings. The molecule has 35 heavy (non-hydrogen) atoms. The van der Waals surface area contributed by atoms with Gasteiger partial charge in [0.1, 0.15) is 12.6 Å². The van der Waals surface area contributed by atoms with Crippen molar-refractivity contribution in [1.29, 1.82) is 0 Å². The van der Waals surface area contributed by atoms with Crippen LogP contribution < -0.4 is 0 Å². The van der Waals surface area contributed by atoms with E-state index >= 15 is 0 Å². The van der Waals surface area contributed by atoms with Crippen LogP contribution in [0.1, 0.15) is 74.1 Å². The van der Waals surface area contributed by atoms with Crippen LogP contribution in [0.2, 0.25) is 0 Å². The molecular formula is C30H33NO4. The number of carbonyl (C=O) groups is 3. The largest absolute Gasteiger partial charge is 0.461 e. The summed E-state index contributed by atoms with van der Waals surface area (Å²) in [6.45, 7) is 6.25. The van der Waals surface area contributed by atoms with E-state index in [2.05, 4.69) is 45.0 Å². The van der Waals surface area contributed by atoms with Crippen molar-refractivity contribution in [2.24, 2.45) is 29.6 Å². The van der Waals surface area contributed by atoms with Gasteiger partial charge in [-0.2, -0.15) is 0 Å². The van der Waals surface area contributed by atoms with E-state index in [1.807, 2.05) is 24.3 Å². The zero-order valence-electron chi connectivity index (χ0n) is 20.6. The lowest BCUT2D eigenvalue weighted by Crippen LogP contribution is -2.41. The van der Waals surface area contributed by atoms with E-state index in [9.17, 15) is 14.4 Å². The molecule has 2 bridgehead atoms. The molecule has 2 amide bonds. The van der Waals surface area contributed by atoms with E-state index in [0.29, 0.717) is 17.8 Å². The minimum Gasteiger partial charge on any atom is -0.461 e. The maximum atomic E-state index is 13.7. The molecule has 2 fully saturated rings. The van der Waals surface area contributed by atoms with Crippen molar-refractivity contribution in [2.45, 2.75) is 58.0 Å². The standard InChI is InChI=1S/C30H33NO4/c1-16(2)18-13-12-17(3)14-23(18)35-24(32)15-31-29(33)27-25-19-8-4-5-9-20(19)26(28(27)30(31)34)22-11-7-6-10-21(22)25/h4-11,16-18,23,25-28H,12-15H2,1-3H3/t17-,18-,23+,25?,26?,27-,28+/m0/s1. The lowest BCUT2D eigenvalue weighted by molar-refractivity contribution is -0.161. The van der Waals surface area contributed by atoms with Crippen molar-refractivity contribution < 1.29 is 19.1 Å². The third-order valence-electron chi connectivity index (χ3n) is 9.07. The van der Waals surface area contributed by atoms with E-state index in [4.69, 9.17) is 4.74 Å². The number of esters is 1. The molecule has 5 heteroatoms. The summed E-state index contributed by atoms with van der Waals surface area (Å²) in [4.78, 5) is 41.7. The fourth-order valence-corrected chi connectivity index (χ4v) is 7.48. The first-order valence-corrected chi connectivity index (χ1v) is 13.1. The van der Waals surface area contributed by atoms with Gasteiger partial charge in [0, 0.05) is 11.8 Å². The molecule has 0 radical (unpaired) electrons. The highest BCUT2D eigenvalue weighted by molar-refractivity contribution is 6.09. The van der Waals surface area contributed by atoms with Gasteiger partial charge in [-0.05, 0) is 52.8 Å². The molecule has 1 saturated carbocycles. The van der Waals surface area contributed by atoms with E-state index in [1.165, 1.54) is 4.90 Å². The average molecular weight is 472 g/mol. The number of hydrogen-bond donors (Lipinski definition) is 0. The number of hydrogen-bond acceptors (Lipinski definition) is 4. The molecule has 0 spiro atoms. The van der Waals surface area contributed by atoms with Crippen LogP contribution >= 0.6 is 0 Å². The van der Waals surface area contributed by atoms with Crippen molar-refractivity contribution >= 4 is 17.8 Å². The third kappa shape index (κ3) is 3.38. The Labute approximate surface area is 206 Å². The van der Waals surface area contributed by atoms with Gasteiger partial charge in [0.25, 0.3) is 0 Å². The summed E-state index contributed by atoms with van der Waals surface area (Å²) in [5, 5.41) is 0. The van der Waals surface area contributed by atoms with Crippen LogP contribution in [0.15, 0.2) is 48.5 Å². The molecule has 5 atom stereocenters. The van der Waals surface area contributed by atoms with Crippen molar-refractivity contribution in [2.75, 3.05) is 6.54 Å². The number of carbonyl (C=O) groups excluding carboxylic acids is 3. The first-order valence-electron chi connectivity index (χ1n) is 13.1. The lowest BCUT2D eigenvalue weighted by atomic mass is 9.55. The number of amides is 2. The number of nitrogens with zero attached hydrogens (tertiary/aromatic N) is 1. The number of imide groups is 1. The molecule has 5 nitrogen and oxygen atoms in total. The fourth-order valence-electron chi connectivity index (χ4n) is 7.48. The minimum absolute atomic E-state index is 0.147. The molecule has 0 aromatic heterocycles. The predicted octanol–water partition coefficient (Wildman–Crippen LogP) is 4.88. The summed E-state index contributed by atoms with van der Waals surface area (Å²) in [5.74, 6) is -0.883. The summed E-state index contributed by atoms with van der Waals surface area (Å²) in [6.07, 6.45) is 2.89. The highest BCUT2D eigenvalue weighted by Crippen LogP contribution is 2.60. The predicted molar refractivity (Wildman–Crippen MR) is 131 cm³/mol. The molecule has 0 N–H and O–H groups in total. The van der Waals surface area contributed by atoms with Crippen molar-refractivity contribution in [3.63, 3.8) is 0 Å². The van der Waals surface area contributed by atoms with Gasteiger partial charge in [-0.15, -0.1) is 0 Å².